The number of hydrogen-bond donors (Lipinski definition) is 0. The van der Waals surface area contributed by atoms with Crippen molar-refractivity contribution in [3.05, 3.63) is 67.2 Å². The van der Waals surface area contributed by atoms with Crippen LogP contribution in [0.4, 0.5) is 4.39 Å². The van der Waals surface area contributed by atoms with Gasteiger partial charge in [-0.05, 0) is 29.8 Å². The summed E-state index contributed by atoms with van der Waals surface area (Å²) >= 11 is 6.45. The Hall–Kier alpha value is -0.940. The van der Waals surface area contributed by atoms with Crippen LogP contribution in [0.1, 0.15) is 5.56 Å². The molecule has 0 saturated carbocycles. The van der Waals surface area contributed by atoms with Crippen LogP contribution in [0.25, 0.3) is 0 Å². The van der Waals surface area contributed by atoms with E-state index in [9.17, 15) is 9.18 Å². The van der Waals surface area contributed by atoms with E-state index in [2.05, 4.69) is 31.9 Å². The number of pyridine rings is 1. The van der Waals surface area contributed by atoms with Crippen LogP contribution in [0.3, 0.4) is 0 Å². The van der Waals surface area contributed by atoms with E-state index in [0.717, 1.165) is 10.0 Å². The fourth-order valence-electron chi connectivity index (χ4n) is 1.51. The second kappa shape index (κ2) is 5.14. The van der Waals surface area contributed by atoms with Crippen LogP contribution >= 0.6 is 31.9 Å². The van der Waals surface area contributed by atoms with Crippen molar-refractivity contribution in [3.63, 3.8) is 0 Å². The van der Waals surface area contributed by atoms with Crippen LogP contribution in [0.15, 0.2) is 50.3 Å². The summed E-state index contributed by atoms with van der Waals surface area (Å²) < 4.78 is 16.1. The summed E-state index contributed by atoms with van der Waals surface area (Å²) in [6, 6.07) is 7.84. The van der Waals surface area contributed by atoms with Gasteiger partial charge in [0.1, 0.15) is 5.82 Å². The van der Waals surface area contributed by atoms with E-state index in [1.54, 1.807) is 18.3 Å². The second-order valence-corrected chi connectivity index (χ2v) is 5.42. The van der Waals surface area contributed by atoms with E-state index in [1.807, 2.05) is 0 Å². The third-order valence-corrected chi connectivity index (χ3v) is 3.18. The summed E-state index contributed by atoms with van der Waals surface area (Å²) in [5, 5.41) is 0. The summed E-state index contributed by atoms with van der Waals surface area (Å²) in [5.74, 6) is -0.320. The Kier molecular flexibility index (Phi) is 3.79. The molecule has 1 heterocycles. The van der Waals surface area contributed by atoms with Crippen LogP contribution in [0.5, 0.6) is 0 Å². The van der Waals surface area contributed by atoms with Crippen LogP contribution < -0.4 is 5.56 Å². The highest BCUT2D eigenvalue weighted by Gasteiger charge is 2.02. The highest BCUT2D eigenvalue weighted by Crippen LogP contribution is 2.15. The number of aromatic nitrogens is 1. The average Bonchev–Trinajstić information content (AvgIpc) is 2.21. The first-order chi connectivity index (χ1) is 8.04. The van der Waals surface area contributed by atoms with Crippen molar-refractivity contribution in [2.75, 3.05) is 0 Å². The van der Waals surface area contributed by atoms with Gasteiger partial charge >= 0.3 is 0 Å². The Balaban J connectivity index is 2.34. The van der Waals surface area contributed by atoms with Crippen molar-refractivity contribution in [2.24, 2.45) is 0 Å². The fraction of sp³-hybridized carbons (Fsp3) is 0.0833. The highest BCUT2D eigenvalue weighted by molar-refractivity contribution is 9.10. The molecule has 2 nitrogen and oxygen atoms in total. The molecule has 0 aliphatic rings. The summed E-state index contributed by atoms with van der Waals surface area (Å²) in [7, 11) is 0. The van der Waals surface area contributed by atoms with Crippen molar-refractivity contribution >= 4 is 31.9 Å². The third kappa shape index (κ3) is 3.26. The predicted octanol–water partition coefficient (Wildman–Crippen LogP) is 3.56. The number of rotatable bonds is 2. The van der Waals surface area contributed by atoms with Crippen molar-refractivity contribution < 1.29 is 4.39 Å². The van der Waals surface area contributed by atoms with Gasteiger partial charge in [-0.15, -0.1) is 0 Å². The normalized spacial score (nSPS) is 10.5. The van der Waals surface area contributed by atoms with Gasteiger partial charge in [-0.1, -0.05) is 31.9 Å². The van der Waals surface area contributed by atoms with Crippen molar-refractivity contribution in [3.8, 4) is 0 Å². The van der Waals surface area contributed by atoms with Gasteiger partial charge in [-0.3, -0.25) is 4.79 Å². The summed E-state index contributed by atoms with van der Waals surface area (Å²) in [6.45, 7) is 0.350. The average molecular weight is 361 g/mol. The molecule has 0 N–H and O–H groups in total. The maximum absolute atomic E-state index is 13.2. The minimum Gasteiger partial charge on any atom is -0.311 e. The quantitative estimate of drug-likeness (QED) is 0.802. The Morgan fingerprint density at radius 2 is 1.88 bits per heavy atom. The predicted molar refractivity (Wildman–Crippen MR) is 71.6 cm³/mol. The molecule has 0 aliphatic carbocycles. The van der Waals surface area contributed by atoms with E-state index >= 15 is 0 Å². The van der Waals surface area contributed by atoms with Gasteiger partial charge in [-0.2, -0.15) is 0 Å². The van der Waals surface area contributed by atoms with Gasteiger partial charge in [-0.25, -0.2) is 4.39 Å². The Labute approximate surface area is 114 Å². The number of halogens is 3. The molecule has 0 amide bonds. The molecule has 2 aromatic rings. The SMILES string of the molecule is O=c1cc(Br)ccn1Cc1cc(F)cc(Br)c1. The maximum atomic E-state index is 13.2. The molecular formula is C12H8Br2FNO. The van der Waals surface area contributed by atoms with Gasteiger partial charge < -0.3 is 4.57 Å². The minimum atomic E-state index is -0.320. The number of nitrogens with zero attached hydrogens (tertiary/aromatic N) is 1. The highest BCUT2D eigenvalue weighted by atomic mass is 79.9. The smallest absolute Gasteiger partial charge is 0.251 e. The summed E-state index contributed by atoms with van der Waals surface area (Å²) in [4.78, 5) is 11.6. The lowest BCUT2D eigenvalue weighted by Gasteiger charge is -2.06. The molecule has 1 aromatic heterocycles. The molecular weight excluding hydrogens is 353 g/mol. The first-order valence-corrected chi connectivity index (χ1v) is 6.44. The standard InChI is InChI=1S/C12H8Br2FNO/c13-9-1-2-16(12(17)6-9)7-8-3-10(14)5-11(15)4-8/h1-6H,7H2. The fourth-order valence-corrected chi connectivity index (χ4v) is 2.34. The van der Waals surface area contributed by atoms with Crippen LogP contribution in [-0.2, 0) is 6.54 Å². The first-order valence-electron chi connectivity index (χ1n) is 4.85. The number of hydrogen-bond acceptors (Lipinski definition) is 1. The molecule has 0 aliphatic heterocycles. The molecule has 0 atom stereocenters. The zero-order valence-electron chi connectivity index (χ0n) is 8.66. The summed E-state index contributed by atoms with van der Waals surface area (Å²) in [5.41, 5.74) is 0.612. The van der Waals surface area contributed by atoms with E-state index in [1.165, 1.54) is 22.8 Å². The van der Waals surface area contributed by atoms with Gasteiger partial charge in [0.25, 0.3) is 5.56 Å². The first kappa shape index (κ1) is 12.5. The molecule has 5 heteroatoms. The summed E-state index contributed by atoms with van der Waals surface area (Å²) in [6.07, 6.45) is 1.67. The van der Waals surface area contributed by atoms with Crippen molar-refractivity contribution in [1.82, 2.24) is 4.57 Å². The molecule has 1 aromatic carbocycles. The van der Waals surface area contributed by atoms with Gasteiger partial charge in [0.05, 0.1) is 6.54 Å². The largest absolute Gasteiger partial charge is 0.311 e. The molecule has 0 fully saturated rings. The number of benzene rings is 1. The molecule has 0 bridgehead atoms. The molecule has 0 saturated heterocycles. The van der Waals surface area contributed by atoms with Gasteiger partial charge in [0, 0.05) is 21.2 Å². The van der Waals surface area contributed by atoms with Crippen molar-refractivity contribution in [2.45, 2.75) is 6.54 Å². The molecule has 0 spiro atoms. The maximum Gasteiger partial charge on any atom is 0.251 e. The van der Waals surface area contributed by atoms with E-state index in [0.29, 0.717) is 11.0 Å². The Morgan fingerprint density at radius 1 is 1.12 bits per heavy atom. The Bertz CT molecular complexity index is 589. The van der Waals surface area contributed by atoms with Crippen LogP contribution in [-0.4, -0.2) is 4.57 Å². The van der Waals surface area contributed by atoms with Gasteiger partial charge in [0.15, 0.2) is 0 Å². The molecule has 0 radical (unpaired) electrons. The molecule has 2 rings (SSSR count). The molecule has 88 valence electrons. The molecule has 0 unspecified atom stereocenters. The zero-order valence-corrected chi connectivity index (χ0v) is 11.8. The van der Waals surface area contributed by atoms with Gasteiger partial charge in [0.2, 0.25) is 0 Å². The lowest BCUT2D eigenvalue weighted by molar-refractivity contribution is 0.621. The lowest BCUT2D eigenvalue weighted by atomic mass is 10.2. The molecule has 17 heavy (non-hydrogen) atoms. The zero-order chi connectivity index (χ0) is 12.4. The van der Waals surface area contributed by atoms with Crippen LogP contribution in [0.2, 0.25) is 0 Å². The Morgan fingerprint density at radius 3 is 2.53 bits per heavy atom. The minimum absolute atomic E-state index is 0.125. The van der Waals surface area contributed by atoms with Crippen molar-refractivity contribution in [1.29, 1.82) is 0 Å². The van der Waals surface area contributed by atoms with Crippen LogP contribution in [0, 0.1) is 5.82 Å². The second-order valence-electron chi connectivity index (χ2n) is 3.59. The van der Waals surface area contributed by atoms with E-state index < -0.39 is 0 Å². The van der Waals surface area contributed by atoms with E-state index in [-0.39, 0.29) is 11.4 Å². The topological polar surface area (TPSA) is 22.0 Å². The van der Waals surface area contributed by atoms with E-state index in [4.69, 9.17) is 0 Å². The lowest BCUT2D eigenvalue weighted by Crippen LogP contribution is -2.18. The third-order valence-electron chi connectivity index (χ3n) is 2.23. The monoisotopic (exact) mass is 359 g/mol.